The molecule has 0 aliphatic heterocycles. The lowest BCUT2D eigenvalue weighted by Gasteiger charge is -1.89. The monoisotopic (exact) mass is 140 g/mol. The summed E-state index contributed by atoms with van der Waals surface area (Å²) in [6, 6.07) is 0. The first-order valence-corrected chi connectivity index (χ1v) is 2.78. The van der Waals surface area contributed by atoms with Gasteiger partial charge in [0.1, 0.15) is 0 Å². The number of nitrogen functional groups attached to an aromatic ring is 1. The number of aromatic nitrogens is 3. The predicted molar refractivity (Wildman–Crippen MR) is 35.4 cm³/mol. The van der Waals surface area contributed by atoms with E-state index in [0.29, 0.717) is 0 Å². The van der Waals surface area contributed by atoms with Gasteiger partial charge in [0.05, 0.1) is 0 Å². The van der Waals surface area contributed by atoms with Crippen molar-refractivity contribution >= 4 is 11.7 Å². The van der Waals surface area contributed by atoms with E-state index in [9.17, 15) is 4.79 Å². The van der Waals surface area contributed by atoms with Gasteiger partial charge in [-0.25, -0.2) is 4.68 Å². The molecule has 5 nitrogen and oxygen atoms in total. The van der Waals surface area contributed by atoms with Crippen molar-refractivity contribution in [2.45, 2.75) is 6.92 Å². The van der Waals surface area contributed by atoms with Gasteiger partial charge in [-0.1, -0.05) is 0 Å². The molecule has 0 saturated heterocycles. The third-order valence-corrected chi connectivity index (χ3v) is 1.09. The minimum atomic E-state index is -0.133. The number of anilines is 1. The van der Waals surface area contributed by atoms with Crippen LogP contribution in [0.5, 0.6) is 0 Å². The van der Waals surface area contributed by atoms with Crippen LogP contribution in [0.15, 0.2) is 0 Å². The van der Waals surface area contributed by atoms with Crippen molar-refractivity contribution in [3.05, 3.63) is 5.82 Å². The Balaban J connectivity index is 3.15. The van der Waals surface area contributed by atoms with Gasteiger partial charge in [0, 0.05) is 14.0 Å². The van der Waals surface area contributed by atoms with Crippen molar-refractivity contribution in [1.82, 2.24) is 14.8 Å². The normalized spacial score (nSPS) is 9.80. The zero-order chi connectivity index (χ0) is 7.72. The van der Waals surface area contributed by atoms with E-state index in [-0.39, 0.29) is 17.6 Å². The van der Waals surface area contributed by atoms with Crippen LogP contribution in [0.4, 0.5) is 5.95 Å². The maximum Gasteiger partial charge on any atom is 0.240 e. The van der Waals surface area contributed by atoms with Crippen molar-refractivity contribution < 1.29 is 4.79 Å². The summed E-state index contributed by atoms with van der Waals surface area (Å²) in [7, 11) is 1.63. The van der Waals surface area contributed by atoms with E-state index in [4.69, 9.17) is 5.73 Å². The molecule has 0 saturated carbocycles. The molecule has 0 fully saturated rings. The molecule has 0 unspecified atom stereocenters. The summed E-state index contributed by atoms with van der Waals surface area (Å²) < 4.78 is 1.36. The van der Waals surface area contributed by atoms with Gasteiger partial charge in [-0.3, -0.25) is 4.79 Å². The molecular weight excluding hydrogens is 132 g/mol. The number of hydrogen-bond acceptors (Lipinski definition) is 4. The van der Waals surface area contributed by atoms with Gasteiger partial charge in [-0.2, -0.15) is 4.98 Å². The molecule has 0 aromatic carbocycles. The maximum atomic E-state index is 10.7. The van der Waals surface area contributed by atoms with Gasteiger partial charge in [0.25, 0.3) is 0 Å². The minimum absolute atomic E-state index is 0.132. The highest BCUT2D eigenvalue weighted by Crippen LogP contribution is 1.96. The summed E-state index contributed by atoms with van der Waals surface area (Å²) in [6.07, 6.45) is 0. The topological polar surface area (TPSA) is 73.8 Å². The van der Waals surface area contributed by atoms with Crippen LogP contribution in [-0.2, 0) is 7.05 Å². The van der Waals surface area contributed by atoms with E-state index in [0.717, 1.165) is 0 Å². The Morgan fingerprint density at radius 3 is 2.50 bits per heavy atom. The molecule has 1 aromatic heterocycles. The van der Waals surface area contributed by atoms with E-state index in [1.165, 1.54) is 11.6 Å². The van der Waals surface area contributed by atoms with Gasteiger partial charge in [-0.05, 0) is 0 Å². The average Bonchev–Trinajstić information content (AvgIpc) is 2.10. The third-order valence-electron chi connectivity index (χ3n) is 1.09. The Labute approximate surface area is 57.9 Å². The zero-order valence-corrected chi connectivity index (χ0v) is 5.83. The van der Waals surface area contributed by atoms with E-state index >= 15 is 0 Å². The van der Waals surface area contributed by atoms with Crippen molar-refractivity contribution in [3.63, 3.8) is 0 Å². The summed E-state index contributed by atoms with van der Waals surface area (Å²) in [5.74, 6) is 0.289. The van der Waals surface area contributed by atoms with Gasteiger partial charge in [0.15, 0.2) is 11.6 Å². The molecule has 54 valence electrons. The Kier molecular flexibility index (Phi) is 1.41. The lowest BCUT2D eigenvalue weighted by molar-refractivity contribution is 0.0999. The van der Waals surface area contributed by atoms with E-state index < -0.39 is 0 Å². The number of rotatable bonds is 1. The van der Waals surface area contributed by atoms with E-state index in [1.54, 1.807) is 7.05 Å². The number of aryl methyl sites for hydroxylation is 1. The fraction of sp³-hybridized carbons (Fsp3) is 0.400. The highest BCUT2D eigenvalue weighted by Gasteiger charge is 2.07. The maximum absolute atomic E-state index is 10.7. The van der Waals surface area contributed by atoms with Crippen LogP contribution in [0, 0.1) is 0 Å². The second kappa shape index (κ2) is 2.09. The Bertz CT molecular complexity index is 265. The quantitative estimate of drug-likeness (QED) is 0.538. The van der Waals surface area contributed by atoms with Crippen LogP contribution in [-0.4, -0.2) is 20.5 Å². The van der Waals surface area contributed by atoms with Crippen LogP contribution in [0.2, 0.25) is 0 Å². The molecule has 0 spiro atoms. The number of nitrogens with zero attached hydrogens (tertiary/aromatic N) is 3. The molecule has 1 rings (SSSR count). The number of carbonyl (C=O) groups excluding carboxylic acids is 1. The molecular formula is C5H8N4O. The summed E-state index contributed by atoms with van der Waals surface area (Å²) in [6.45, 7) is 1.42. The number of hydrogen-bond donors (Lipinski definition) is 1. The lowest BCUT2D eigenvalue weighted by Crippen LogP contribution is -2.03. The predicted octanol–water partition coefficient (Wildman–Crippen LogP) is -0.400. The third kappa shape index (κ3) is 0.975. The summed E-state index contributed by atoms with van der Waals surface area (Å²) in [5, 5.41) is 3.69. The minimum Gasteiger partial charge on any atom is -0.366 e. The zero-order valence-electron chi connectivity index (χ0n) is 5.83. The van der Waals surface area contributed by atoms with Gasteiger partial charge < -0.3 is 5.73 Å². The Hall–Kier alpha value is -1.39. The first-order valence-electron chi connectivity index (χ1n) is 2.78. The molecule has 1 aromatic rings. The van der Waals surface area contributed by atoms with Crippen molar-refractivity contribution in [1.29, 1.82) is 0 Å². The fourth-order valence-electron chi connectivity index (χ4n) is 0.711. The van der Waals surface area contributed by atoms with Crippen LogP contribution in [0.3, 0.4) is 0 Å². The molecule has 0 bridgehead atoms. The molecule has 1 heterocycles. The number of Topliss-reactive ketones (excluding diaryl/α,β-unsaturated/α-hetero) is 1. The molecule has 0 atom stereocenters. The second-order valence-corrected chi connectivity index (χ2v) is 1.97. The first-order chi connectivity index (χ1) is 4.61. The highest BCUT2D eigenvalue weighted by molar-refractivity contribution is 5.90. The van der Waals surface area contributed by atoms with Crippen molar-refractivity contribution in [2.75, 3.05) is 5.73 Å². The molecule has 0 aliphatic carbocycles. The van der Waals surface area contributed by atoms with Gasteiger partial charge in [-0.15, -0.1) is 5.10 Å². The second-order valence-electron chi connectivity index (χ2n) is 1.97. The van der Waals surface area contributed by atoms with E-state index in [1.807, 2.05) is 0 Å². The Morgan fingerprint density at radius 1 is 1.70 bits per heavy atom. The summed E-state index contributed by atoms with van der Waals surface area (Å²) >= 11 is 0. The van der Waals surface area contributed by atoms with Crippen LogP contribution < -0.4 is 5.73 Å². The number of carbonyl (C=O) groups is 1. The lowest BCUT2D eigenvalue weighted by atomic mass is 10.4. The SMILES string of the molecule is CC(=O)c1nc(N)nn1C. The highest BCUT2D eigenvalue weighted by atomic mass is 16.1. The molecule has 5 heteroatoms. The number of nitrogens with two attached hydrogens (primary N) is 1. The Morgan fingerprint density at radius 2 is 2.30 bits per heavy atom. The van der Waals surface area contributed by atoms with Crippen LogP contribution in [0.25, 0.3) is 0 Å². The van der Waals surface area contributed by atoms with Gasteiger partial charge in [0.2, 0.25) is 5.95 Å². The number of ketones is 1. The fourth-order valence-corrected chi connectivity index (χ4v) is 0.711. The van der Waals surface area contributed by atoms with Crippen LogP contribution >= 0.6 is 0 Å². The largest absolute Gasteiger partial charge is 0.366 e. The molecule has 0 amide bonds. The molecule has 0 radical (unpaired) electrons. The smallest absolute Gasteiger partial charge is 0.240 e. The van der Waals surface area contributed by atoms with E-state index in [2.05, 4.69) is 10.1 Å². The summed E-state index contributed by atoms with van der Waals surface area (Å²) in [5.41, 5.74) is 5.22. The summed E-state index contributed by atoms with van der Waals surface area (Å²) in [4.78, 5) is 14.4. The van der Waals surface area contributed by atoms with Crippen molar-refractivity contribution in [3.8, 4) is 0 Å². The first kappa shape index (κ1) is 6.73. The average molecular weight is 140 g/mol. The van der Waals surface area contributed by atoms with Crippen LogP contribution in [0.1, 0.15) is 17.5 Å². The van der Waals surface area contributed by atoms with Crippen molar-refractivity contribution in [2.24, 2.45) is 7.05 Å². The standard InChI is InChI=1S/C5H8N4O/c1-3(10)4-7-5(6)8-9(4)2/h1-2H3,(H2,6,8). The molecule has 10 heavy (non-hydrogen) atoms. The van der Waals surface area contributed by atoms with Gasteiger partial charge >= 0.3 is 0 Å². The molecule has 0 aliphatic rings. The molecule has 2 N–H and O–H groups in total.